The third-order valence-corrected chi connectivity index (χ3v) is 2.66. The minimum absolute atomic E-state index is 0. The topological polar surface area (TPSA) is 74.3 Å². The normalized spacial score (nSPS) is 9.67. The van der Waals surface area contributed by atoms with Crippen LogP contribution in [0.25, 0.3) is 0 Å². The molecule has 1 aromatic rings. The number of hydrogen-bond donors (Lipinski definition) is 0. The van der Waals surface area contributed by atoms with E-state index in [-0.39, 0.29) is 47.4 Å². The van der Waals surface area contributed by atoms with E-state index >= 15 is 0 Å². The third kappa shape index (κ3) is 4.34. The van der Waals surface area contributed by atoms with Crippen molar-refractivity contribution in [3.63, 3.8) is 0 Å². The number of hydrogen-bond acceptors (Lipinski definition) is 4. The van der Waals surface area contributed by atoms with Crippen molar-refractivity contribution in [2.45, 2.75) is 12.3 Å². The zero-order valence-electron chi connectivity index (χ0n) is 7.85. The summed E-state index contributed by atoms with van der Waals surface area (Å²) in [5.41, 5.74) is -0.301. The molecular formula is C9H11NaO4S. The zero-order valence-corrected chi connectivity index (χ0v) is 10.7. The maximum Gasteiger partial charge on any atom is 1.00 e. The van der Waals surface area contributed by atoms with E-state index in [2.05, 4.69) is 0 Å². The van der Waals surface area contributed by atoms with Gasteiger partial charge in [0.15, 0.2) is 9.84 Å². The quantitative estimate of drug-likeness (QED) is 0.518. The first-order valence-electron chi connectivity index (χ1n) is 3.43. The molecule has 0 spiro atoms. The van der Waals surface area contributed by atoms with E-state index in [4.69, 9.17) is 0 Å². The van der Waals surface area contributed by atoms with Crippen LogP contribution in [0.4, 0.5) is 0 Å². The molecule has 4 nitrogen and oxygen atoms in total. The van der Waals surface area contributed by atoms with Crippen LogP contribution in [-0.4, -0.2) is 20.6 Å². The molecule has 0 heterocycles. The Hall–Kier alpha value is -0.360. The summed E-state index contributed by atoms with van der Waals surface area (Å²) in [5.74, 6) is -1.49. The molecule has 0 radical (unpaired) electrons. The molecule has 0 aliphatic rings. The van der Waals surface area contributed by atoms with Crippen molar-refractivity contribution in [3.05, 3.63) is 29.8 Å². The molecule has 0 unspecified atom stereocenters. The van der Waals surface area contributed by atoms with Gasteiger partial charge in [0, 0.05) is 11.8 Å². The van der Waals surface area contributed by atoms with Gasteiger partial charge in [-0.15, -0.1) is 0 Å². The van der Waals surface area contributed by atoms with Gasteiger partial charge >= 0.3 is 29.6 Å². The van der Waals surface area contributed by atoms with Gasteiger partial charge in [-0.1, -0.05) is 25.6 Å². The van der Waals surface area contributed by atoms with Gasteiger partial charge in [-0.3, -0.25) is 0 Å². The summed E-state index contributed by atoms with van der Waals surface area (Å²) < 4.78 is 22.1. The van der Waals surface area contributed by atoms with E-state index in [0.717, 1.165) is 6.26 Å². The number of sulfone groups is 1. The second kappa shape index (κ2) is 6.27. The molecule has 1 rings (SSSR count). The number of rotatable bonds is 2. The fourth-order valence-corrected chi connectivity index (χ4v) is 1.84. The first-order valence-corrected chi connectivity index (χ1v) is 5.32. The molecule has 0 aliphatic carbocycles. The van der Waals surface area contributed by atoms with Crippen molar-refractivity contribution in [2.24, 2.45) is 0 Å². The molecule has 78 valence electrons. The monoisotopic (exact) mass is 238 g/mol. The molecule has 15 heavy (non-hydrogen) atoms. The van der Waals surface area contributed by atoms with Crippen molar-refractivity contribution in [2.75, 3.05) is 6.26 Å². The predicted molar refractivity (Wildman–Crippen MR) is 50.6 cm³/mol. The van der Waals surface area contributed by atoms with Gasteiger partial charge in [0.1, 0.15) is 0 Å². The minimum atomic E-state index is -3.50. The summed E-state index contributed by atoms with van der Waals surface area (Å²) >= 11 is 0. The summed E-state index contributed by atoms with van der Waals surface area (Å²) in [5, 5.41) is 10.5. The molecule has 0 atom stereocenters. The SMILES string of the molecule is C.CS(=O)(=O)c1ccccc1C(=O)[O-].[Na+]. The van der Waals surface area contributed by atoms with E-state index in [1.165, 1.54) is 24.3 Å². The largest absolute Gasteiger partial charge is 1.00 e. The number of aromatic carboxylic acids is 1. The smallest absolute Gasteiger partial charge is 0.545 e. The second-order valence-corrected chi connectivity index (χ2v) is 4.54. The average Bonchev–Trinajstić information content (AvgIpc) is 2.03. The van der Waals surface area contributed by atoms with Gasteiger partial charge in [-0.2, -0.15) is 0 Å². The molecule has 0 N–H and O–H groups in total. The molecule has 0 bridgehead atoms. The molecule has 0 fully saturated rings. The van der Waals surface area contributed by atoms with Crippen LogP contribution in [-0.2, 0) is 9.84 Å². The van der Waals surface area contributed by atoms with Crippen LogP contribution in [0.15, 0.2) is 29.2 Å². The Balaban J connectivity index is 0. The van der Waals surface area contributed by atoms with E-state index in [0.29, 0.717) is 0 Å². The van der Waals surface area contributed by atoms with Crippen LogP contribution >= 0.6 is 0 Å². The van der Waals surface area contributed by atoms with Crippen LogP contribution in [0.5, 0.6) is 0 Å². The van der Waals surface area contributed by atoms with Crippen molar-refractivity contribution in [1.82, 2.24) is 0 Å². The number of benzene rings is 1. The van der Waals surface area contributed by atoms with Crippen molar-refractivity contribution >= 4 is 15.8 Å². The molecule has 0 saturated heterocycles. The van der Waals surface area contributed by atoms with Crippen LogP contribution in [0.3, 0.4) is 0 Å². The fraction of sp³-hybridized carbons (Fsp3) is 0.222. The van der Waals surface area contributed by atoms with Crippen LogP contribution in [0.1, 0.15) is 17.8 Å². The Morgan fingerprint density at radius 3 is 2.07 bits per heavy atom. The summed E-state index contributed by atoms with van der Waals surface area (Å²) in [6, 6.07) is 5.34. The van der Waals surface area contributed by atoms with Gasteiger partial charge in [0.05, 0.1) is 10.9 Å². The molecule has 0 amide bonds. The zero-order chi connectivity index (χ0) is 10.1. The number of carboxylic acids is 1. The predicted octanol–water partition coefficient (Wildman–Crippen LogP) is -2.91. The first kappa shape index (κ1) is 17.0. The Labute approximate surface area is 112 Å². The Bertz CT molecular complexity index is 439. The molecule has 6 heteroatoms. The Morgan fingerprint density at radius 1 is 1.27 bits per heavy atom. The van der Waals surface area contributed by atoms with Gasteiger partial charge in [-0.25, -0.2) is 8.42 Å². The number of carbonyl (C=O) groups excluding carboxylic acids is 1. The van der Waals surface area contributed by atoms with E-state index < -0.39 is 15.8 Å². The molecule has 0 saturated carbocycles. The van der Waals surface area contributed by atoms with E-state index in [9.17, 15) is 18.3 Å². The van der Waals surface area contributed by atoms with Crippen molar-refractivity contribution in [1.29, 1.82) is 0 Å². The van der Waals surface area contributed by atoms with Gasteiger partial charge in [-0.05, 0) is 6.07 Å². The third-order valence-electron chi connectivity index (χ3n) is 1.51. The average molecular weight is 238 g/mol. The Kier molecular flexibility index (Phi) is 7.13. The number of carboxylic acid groups (broad SMARTS) is 1. The minimum Gasteiger partial charge on any atom is -0.545 e. The summed E-state index contributed by atoms with van der Waals surface area (Å²) in [6.07, 6.45) is 0.953. The number of carbonyl (C=O) groups is 1. The van der Waals surface area contributed by atoms with E-state index in [1.54, 1.807) is 0 Å². The van der Waals surface area contributed by atoms with Crippen LogP contribution in [0, 0.1) is 0 Å². The van der Waals surface area contributed by atoms with Crippen LogP contribution in [0.2, 0.25) is 0 Å². The summed E-state index contributed by atoms with van der Waals surface area (Å²) in [4.78, 5) is 10.3. The van der Waals surface area contributed by atoms with Crippen LogP contribution < -0.4 is 34.7 Å². The first-order chi connectivity index (χ1) is 5.93. The standard InChI is InChI=1S/C8H8O4S.CH4.Na/c1-13(11,12)7-5-3-2-4-6(7)8(9)10;;/h2-5H,1H3,(H,9,10);1H4;/q;;+1/p-1. The van der Waals surface area contributed by atoms with Gasteiger partial charge in [0.2, 0.25) is 0 Å². The van der Waals surface area contributed by atoms with Gasteiger partial charge in [0.25, 0.3) is 0 Å². The molecule has 1 aromatic carbocycles. The summed E-state index contributed by atoms with van der Waals surface area (Å²) in [7, 11) is -3.50. The van der Waals surface area contributed by atoms with Crippen molar-refractivity contribution < 1.29 is 47.9 Å². The molecule has 0 aliphatic heterocycles. The fourth-order valence-electron chi connectivity index (χ4n) is 0.959. The van der Waals surface area contributed by atoms with E-state index in [1.807, 2.05) is 0 Å². The second-order valence-electron chi connectivity index (χ2n) is 2.56. The van der Waals surface area contributed by atoms with Gasteiger partial charge < -0.3 is 9.90 Å². The Morgan fingerprint density at radius 2 is 1.73 bits per heavy atom. The molecular weight excluding hydrogens is 227 g/mol. The van der Waals surface area contributed by atoms with Crippen molar-refractivity contribution in [3.8, 4) is 0 Å². The summed E-state index contributed by atoms with van der Waals surface area (Å²) in [6.45, 7) is 0. The molecule has 0 aromatic heterocycles. The maximum atomic E-state index is 11.1. The maximum absolute atomic E-state index is 11.1.